The normalized spacial score (nSPS) is 11.3. The van der Waals surface area contributed by atoms with Gasteiger partial charge in [-0.05, 0) is 25.5 Å². The van der Waals surface area contributed by atoms with E-state index in [0.29, 0.717) is 31.5 Å². The molecular weight excluding hydrogens is 370 g/mol. The van der Waals surface area contributed by atoms with Gasteiger partial charge in [0.05, 0.1) is 12.2 Å². The largest absolute Gasteiger partial charge is 0.473 e. The first-order valence-corrected chi connectivity index (χ1v) is 9.95. The van der Waals surface area contributed by atoms with Gasteiger partial charge in [-0.15, -0.1) is 11.3 Å². The van der Waals surface area contributed by atoms with Crippen molar-refractivity contribution < 1.29 is 4.74 Å². The first kappa shape index (κ1) is 19.8. The molecule has 0 radical (unpaired) electrons. The van der Waals surface area contributed by atoms with Crippen molar-refractivity contribution >= 4 is 17.3 Å². The van der Waals surface area contributed by atoms with Gasteiger partial charge in [0.2, 0.25) is 5.88 Å². The lowest BCUT2D eigenvalue weighted by molar-refractivity contribution is 0.290. The van der Waals surface area contributed by atoms with E-state index in [1.54, 1.807) is 24.6 Å². The van der Waals surface area contributed by atoms with E-state index in [-0.39, 0.29) is 0 Å². The molecule has 0 atom stereocenters. The highest BCUT2D eigenvalue weighted by molar-refractivity contribution is 7.11. The molecule has 0 saturated carbocycles. The second kappa shape index (κ2) is 9.85. The molecule has 0 unspecified atom stereocenters. The van der Waals surface area contributed by atoms with Crippen molar-refractivity contribution in [2.75, 3.05) is 7.05 Å². The maximum Gasteiger partial charge on any atom is 0.218 e. The van der Waals surface area contributed by atoms with Gasteiger partial charge in [0, 0.05) is 30.2 Å². The van der Waals surface area contributed by atoms with E-state index in [1.807, 2.05) is 49.4 Å². The molecule has 0 aliphatic rings. The summed E-state index contributed by atoms with van der Waals surface area (Å²) in [5, 5.41) is 7.66. The van der Waals surface area contributed by atoms with Crippen molar-refractivity contribution in [1.82, 2.24) is 20.6 Å². The number of thiazole rings is 1. The second-order valence-electron chi connectivity index (χ2n) is 6.27. The molecule has 3 aromatic rings. The fourth-order valence-electron chi connectivity index (χ4n) is 2.59. The van der Waals surface area contributed by atoms with Crippen molar-refractivity contribution in [3.05, 3.63) is 75.4 Å². The second-order valence-corrected chi connectivity index (χ2v) is 7.56. The van der Waals surface area contributed by atoms with E-state index in [9.17, 15) is 0 Å². The summed E-state index contributed by atoms with van der Waals surface area (Å²) in [6.07, 6.45) is 1.74. The zero-order valence-corrected chi connectivity index (χ0v) is 17.2. The van der Waals surface area contributed by atoms with Gasteiger partial charge in [-0.2, -0.15) is 0 Å². The van der Waals surface area contributed by atoms with Crippen LogP contribution in [0.5, 0.6) is 5.88 Å². The molecule has 7 heteroatoms. The maximum atomic E-state index is 5.91. The number of hydrogen-bond donors (Lipinski definition) is 2. The lowest BCUT2D eigenvalue weighted by atomic mass is 10.2. The molecule has 2 N–H and O–H groups in total. The molecule has 0 aliphatic carbocycles. The number of aliphatic imine (C=N–C) groups is 1. The Labute approximate surface area is 169 Å². The zero-order chi connectivity index (χ0) is 19.8. The van der Waals surface area contributed by atoms with E-state index in [4.69, 9.17) is 4.74 Å². The quantitative estimate of drug-likeness (QED) is 0.472. The minimum atomic E-state index is 0.487. The lowest BCUT2D eigenvalue weighted by Gasteiger charge is -2.13. The summed E-state index contributed by atoms with van der Waals surface area (Å²) in [7, 11) is 1.75. The number of nitrogens with zero attached hydrogens (tertiary/aromatic N) is 3. The van der Waals surface area contributed by atoms with Crippen LogP contribution in [-0.4, -0.2) is 23.0 Å². The molecule has 0 saturated heterocycles. The van der Waals surface area contributed by atoms with Gasteiger partial charge < -0.3 is 15.4 Å². The van der Waals surface area contributed by atoms with Gasteiger partial charge in [0.25, 0.3) is 0 Å². The van der Waals surface area contributed by atoms with Crippen molar-refractivity contribution in [3.8, 4) is 5.88 Å². The molecule has 2 heterocycles. The molecule has 3 rings (SSSR count). The van der Waals surface area contributed by atoms with Crippen LogP contribution in [0.1, 0.15) is 26.7 Å². The number of benzene rings is 1. The van der Waals surface area contributed by atoms with Gasteiger partial charge in [-0.3, -0.25) is 4.99 Å². The van der Waals surface area contributed by atoms with Gasteiger partial charge in [-0.25, -0.2) is 9.97 Å². The summed E-state index contributed by atoms with van der Waals surface area (Å²) in [5.74, 6) is 1.34. The molecular formula is C21H25N5OS. The van der Waals surface area contributed by atoms with Crippen LogP contribution in [0.4, 0.5) is 0 Å². The number of hydrogen-bond acceptors (Lipinski definition) is 5. The van der Waals surface area contributed by atoms with Crippen molar-refractivity contribution in [1.29, 1.82) is 0 Å². The zero-order valence-electron chi connectivity index (χ0n) is 16.4. The predicted octanol–water partition coefficient (Wildman–Crippen LogP) is 3.60. The number of aromatic nitrogens is 2. The Morgan fingerprint density at radius 3 is 2.57 bits per heavy atom. The van der Waals surface area contributed by atoms with E-state index >= 15 is 0 Å². The third-order valence-corrected chi connectivity index (χ3v) is 5.29. The molecule has 28 heavy (non-hydrogen) atoms. The van der Waals surface area contributed by atoms with E-state index in [1.165, 1.54) is 4.88 Å². The third-order valence-electron chi connectivity index (χ3n) is 4.22. The van der Waals surface area contributed by atoms with Crippen LogP contribution in [0.2, 0.25) is 0 Å². The molecule has 2 aromatic heterocycles. The highest BCUT2D eigenvalue weighted by atomic mass is 32.1. The number of rotatable bonds is 7. The minimum Gasteiger partial charge on any atom is -0.473 e. The van der Waals surface area contributed by atoms with Gasteiger partial charge in [0.15, 0.2) is 5.96 Å². The Morgan fingerprint density at radius 1 is 1.07 bits per heavy atom. The van der Waals surface area contributed by atoms with Gasteiger partial charge >= 0.3 is 0 Å². The summed E-state index contributed by atoms with van der Waals surface area (Å²) in [5.41, 5.74) is 3.17. The molecule has 0 fully saturated rings. The first-order valence-electron chi connectivity index (χ1n) is 9.13. The van der Waals surface area contributed by atoms with E-state index < -0.39 is 0 Å². The average Bonchev–Trinajstić information content (AvgIpc) is 3.05. The minimum absolute atomic E-state index is 0.487. The fraction of sp³-hybridized carbons (Fsp3) is 0.286. The van der Waals surface area contributed by atoms with Gasteiger partial charge in [0.1, 0.15) is 11.6 Å². The van der Waals surface area contributed by atoms with Crippen LogP contribution in [0.15, 0.2) is 53.7 Å². The fourth-order valence-corrected chi connectivity index (χ4v) is 3.46. The number of pyridine rings is 1. The van der Waals surface area contributed by atoms with Crippen molar-refractivity contribution in [2.24, 2.45) is 4.99 Å². The number of nitrogens with one attached hydrogen (secondary N) is 2. The standard InChI is InChI=1S/C21H25N5OS/c1-15-16(2)28-19(26-15)13-25-21(22-3)24-12-18-10-7-11-23-20(18)27-14-17-8-5-4-6-9-17/h4-11H,12-14H2,1-3H3,(H2,22,24,25). The van der Waals surface area contributed by atoms with Crippen molar-refractivity contribution in [3.63, 3.8) is 0 Å². The molecule has 0 spiro atoms. The Kier molecular flexibility index (Phi) is 6.97. The molecule has 0 amide bonds. The SMILES string of the molecule is CN=C(NCc1nc(C)c(C)s1)NCc1cccnc1OCc1ccccc1. The van der Waals surface area contributed by atoms with E-state index in [0.717, 1.165) is 21.8 Å². The molecule has 1 aromatic carbocycles. The molecule has 146 valence electrons. The monoisotopic (exact) mass is 395 g/mol. The molecule has 0 aliphatic heterocycles. The predicted molar refractivity (Wildman–Crippen MR) is 114 cm³/mol. The highest BCUT2D eigenvalue weighted by Gasteiger charge is 2.08. The van der Waals surface area contributed by atoms with Crippen molar-refractivity contribution in [2.45, 2.75) is 33.5 Å². The van der Waals surface area contributed by atoms with Crippen LogP contribution >= 0.6 is 11.3 Å². The smallest absolute Gasteiger partial charge is 0.218 e. The summed E-state index contributed by atoms with van der Waals surface area (Å²) in [6, 6.07) is 14.0. The van der Waals surface area contributed by atoms with Crippen LogP contribution in [-0.2, 0) is 19.7 Å². The Hall–Kier alpha value is -2.93. The summed E-state index contributed by atoms with van der Waals surface area (Å²) >= 11 is 1.70. The summed E-state index contributed by atoms with van der Waals surface area (Å²) in [6.45, 7) is 5.81. The van der Waals surface area contributed by atoms with Crippen LogP contribution in [0, 0.1) is 13.8 Å². The number of guanidine groups is 1. The lowest BCUT2D eigenvalue weighted by Crippen LogP contribution is -2.36. The van der Waals surface area contributed by atoms with Crippen LogP contribution in [0.25, 0.3) is 0 Å². The Morgan fingerprint density at radius 2 is 1.86 bits per heavy atom. The Bertz CT molecular complexity index is 904. The maximum absolute atomic E-state index is 5.91. The summed E-state index contributed by atoms with van der Waals surface area (Å²) < 4.78 is 5.91. The van der Waals surface area contributed by atoms with Crippen LogP contribution < -0.4 is 15.4 Å². The highest BCUT2D eigenvalue weighted by Crippen LogP contribution is 2.17. The summed E-state index contributed by atoms with van der Waals surface area (Å²) in [4.78, 5) is 14.4. The topological polar surface area (TPSA) is 71.4 Å². The van der Waals surface area contributed by atoms with E-state index in [2.05, 4.69) is 32.5 Å². The number of aryl methyl sites for hydroxylation is 2. The number of ether oxygens (including phenoxy) is 1. The third kappa shape index (κ3) is 5.53. The molecule has 6 nitrogen and oxygen atoms in total. The first-order chi connectivity index (χ1) is 13.7. The van der Waals surface area contributed by atoms with Gasteiger partial charge in [-0.1, -0.05) is 36.4 Å². The van der Waals surface area contributed by atoms with Crippen LogP contribution in [0.3, 0.4) is 0 Å². The Balaban J connectivity index is 1.55. The molecule has 0 bridgehead atoms. The average molecular weight is 396 g/mol.